The Balaban J connectivity index is 1.74. The van der Waals surface area contributed by atoms with Crippen molar-refractivity contribution in [2.45, 2.75) is 13.0 Å². The first kappa shape index (κ1) is 12.1. The minimum Gasteiger partial charge on any atom is -0.316 e. The van der Waals surface area contributed by atoms with Crippen LogP contribution in [-0.4, -0.2) is 31.1 Å². The largest absolute Gasteiger partial charge is 0.316 e. The summed E-state index contributed by atoms with van der Waals surface area (Å²) in [5.41, 5.74) is 0.863. The van der Waals surface area contributed by atoms with Gasteiger partial charge in [-0.05, 0) is 49.5 Å². The zero-order valence-electron chi connectivity index (χ0n) is 10.5. The van der Waals surface area contributed by atoms with Crippen LogP contribution in [0.4, 0.5) is 8.78 Å². The number of rotatable bonds is 2. The van der Waals surface area contributed by atoms with Crippen molar-refractivity contribution in [3.05, 3.63) is 35.4 Å². The van der Waals surface area contributed by atoms with Crippen LogP contribution in [0.1, 0.15) is 18.5 Å². The molecule has 0 aliphatic carbocycles. The van der Waals surface area contributed by atoms with E-state index in [0.29, 0.717) is 0 Å². The fourth-order valence-electron chi connectivity index (χ4n) is 3.19. The first-order chi connectivity index (χ1) is 8.65. The number of benzene rings is 1. The summed E-state index contributed by atoms with van der Waals surface area (Å²) in [5, 5.41) is 3.40. The highest BCUT2D eigenvalue weighted by Gasteiger charge is 2.37. The van der Waals surface area contributed by atoms with E-state index in [-0.39, 0.29) is 6.04 Å². The molecule has 0 aromatic heterocycles. The summed E-state index contributed by atoms with van der Waals surface area (Å²) in [6.45, 7) is 6.36. The van der Waals surface area contributed by atoms with E-state index in [1.165, 1.54) is 12.1 Å². The Bertz CT molecular complexity index is 437. The van der Waals surface area contributed by atoms with E-state index >= 15 is 0 Å². The molecule has 3 rings (SSSR count). The highest BCUT2D eigenvalue weighted by Crippen LogP contribution is 2.33. The smallest absolute Gasteiger partial charge is 0.159 e. The van der Waals surface area contributed by atoms with Gasteiger partial charge in [0, 0.05) is 19.1 Å². The minimum absolute atomic E-state index is 0.158. The van der Waals surface area contributed by atoms with Gasteiger partial charge < -0.3 is 5.32 Å². The molecule has 18 heavy (non-hydrogen) atoms. The van der Waals surface area contributed by atoms with Crippen molar-refractivity contribution in [2.75, 3.05) is 26.2 Å². The van der Waals surface area contributed by atoms with Gasteiger partial charge in [0.15, 0.2) is 11.6 Å². The number of hydrogen-bond donors (Lipinski definition) is 1. The molecule has 0 amide bonds. The quantitative estimate of drug-likeness (QED) is 0.868. The van der Waals surface area contributed by atoms with Gasteiger partial charge in [0.05, 0.1) is 0 Å². The first-order valence-electron chi connectivity index (χ1n) is 6.55. The van der Waals surface area contributed by atoms with Crippen LogP contribution in [0.5, 0.6) is 0 Å². The van der Waals surface area contributed by atoms with Crippen molar-refractivity contribution in [1.82, 2.24) is 10.2 Å². The molecule has 0 spiro atoms. The predicted octanol–water partition coefficient (Wildman–Crippen LogP) is 2.18. The second kappa shape index (κ2) is 4.59. The zero-order chi connectivity index (χ0) is 12.7. The van der Waals surface area contributed by atoms with Crippen molar-refractivity contribution < 1.29 is 8.78 Å². The van der Waals surface area contributed by atoms with Crippen LogP contribution in [0.15, 0.2) is 18.2 Å². The van der Waals surface area contributed by atoms with Crippen molar-refractivity contribution in [3.8, 4) is 0 Å². The topological polar surface area (TPSA) is 15.3 Å². The van der Waals surface area contributed by atoms with Gasteiger partial charge in [-0.1, -0.05) is 6.07 Å². The van der Waals surface area contributed by atoms with E-state index in [0.717, 1.165) is 43.6 Å². The van der Waals surface area contributed by atoms with Gasteiger partial charge >= 0.3 is 0 Å². The average molecular weight is 252 g/mol. The van der Waals surface area contributed by atoms with Gasteiger partial charge in [-0.15, -0.1) is 0 Å². The Kier molecular flexibility index (Phi) is 3.08. The zero-order valence-corrected chi connectivity index (χ0v) is 10.5. The molecule has 0 radical (unpaired) electrons. The van der Waals surface area contributed by atoms with E-state index in [4.69, 9.17) is 0 Å². The third kappa shape index (κ3) is 2.04. The molecule has 2 aliphatic rings. The molecule has 2 saturated heterocycles. The number of likely N-dealkylation sites (tertiary alicyclic amines) is 1. The summed E-state index contributed by atoms with van der Waals surface area (Å²) < 4.78 is 26.2. The highest BCUT2D eigenvalue weighted by molar-refractivity contribution is 5.21. The third-order valence-corrected chi connectivity index (χ3v) is 4.39. The first-order valence-corrected chi connectivity index (χ1v) is 6.55. The summed E-state index contributed by atoms with van der Waals surface area (Å²) in [6.07, 6.45) is 0. The summed E-state index contributed by atoms with van der Waals surface area (Å²) in [7, 11) is 0. The number of hydrogen-bond acceptors (Lipinski definition) is 2. The third-order valence-electron chi connectivity index (χ3n) is 4.39. The molecule has 98 valence electrons. The van der Waals surface area contributed by atoms with Gasteiger partial charge in [-0.2, -0.15) is 0 Å². The predicted molar refractivity (Wildman–Crippen MR) is 66.2 cm³/mol. The fourth-order valence-corrected chi connectivity index (χ4v) is 3.19. The van der Waals surface area contributed by atoms with Gasteiger partial charge in [0.2, 0.25) is 0 Å². The molecule has 4 heteroatoms. The SMILES string of the molecule is CC(c1ccc(F)c(F)c1)N1C[C@H]2CNC[C@H]2C1. The van der Waals surface area contributed by atoms with E-state index in [1.807, 2.05) is 0 Å². The van der Waals surface area contributed by atoms with Crippen molar-refractivity contribution in [1.29, 1.82) is 0 Å². The monoisotopic (exact) mass is 252 g/mol. The van der Waals surface area contributed by atoms with Crippen LogP contribution in [0.3, 0.4) is 0 Å². The van der Waals surface area contributed by atoms with Crippen LogP contribution < -0.4 is 5.32 Å². The highest BCUT2D eigenvalue weighted by atomic mass is 19.2. The molecule has 2 nitrogen and oxygen atoms in total. The molecule has 1 N–H and O–H groups in total. The molecule has 0 saturated carbocycles. The number of nitrogens with zero attached hydrogens (tertiary/aromatic N) is 1. The Labute approximate surface area is 106 Å². The van der Waals surface area contributed by atoms with Crippen LogP contribution in [0.25, 0.3) is 0 Å². The van der Waals surface area contributed by atoms with Gasteiger partial charge in [0.1, 0.15) is 0 Å². The molecule has 1 unspecified atom stereocenters. The van der Waals surface area contributed by atoms with E-state index in [1.54, 1.807) is 6.07 Å². The Hall–Kier alpha value is -1.00. The summed E-state index contributed by atoms with van der Waals surface area (Å²) in [4.78, 5) is 2.38. The second-order valence-corrected chi connectivity index (χ2v) is 5.48. The summed E-state index contributed by atoms with van der Waals surface area (Å²) in [6, 6.07) is 4.40. The van der Waals surface area contributed by atoms with E-state index in [2.05, 4.69) is 17.1 Å². The number of halogens is 2. The maximum atomic E-state index is 13.3. The van der Waals surface area contributed by atoms with Gasteiger partial charge in [0.25, 0.3) is 0 Å². The van der Waals surface area contributed by atoms with Crippen molar-refractivity contribution in [3.63, 3.8) is 0 Å². The van der Waals surface area contributed by atoms with E-state index < -0.39 is 11.6 Å². The second-order valence-electron chi connectivity index (χ2n) is 5.48. The minimum atomic E-state index is -0.770. The van der Waals surface area contributed by atoms with Crippen LogP contribution in [-0.2, 0) is 0 Å². The maximum Gasteiger partial charge on any atom is 0.159 e. The Morgan fingerprint density at radius 2 is 1.83 bits per heavy atom. The Morgan fingerprint density at radius 3 is 2.44 bits per heavy atom. The van der Waals surface area contributed by atoms with Crippen molar-refractivity contribution in [2.24, 2.45) is 11.8 Å². The molecule has 3 atom stereocenters. The Morgan fingerprint density at radius 1 is 1.17 bits per heavy atom. The molecule has 0 bridgehead atoms. The molecule has 1 aromatic carbocycles. The number of nitrogens with one attached hydrogen (secondary N) is 1. The van der Waals surface area contributed by atoms with Crippen LogP contribution in [0, 0.1) is 23.5 Å². The van der Waals surface area contributed by atoms with E-state index in [9.17, 15) is 8.78 Å². The molecular weight excluding hydrogens is 234 g/mol. The lowest BCUT2D eigenvalue weighted by Gasteiger charge is -2.25. The molecule has 2 fully saturated rings. The van der Waals surface area contributed by atoms with Gasteiger partial charge in [-0.25, -0.2) is 8.78 Å². The van der Waals surface area contributed by atoms with Crippen molar-refractivity contribution >= 4 is 0 Å². The lowest BCUT2D eigenvalue weighted by molar-refractivity contribution is 0.243. The molecule has 2 heterocycles. The van der Waals surface area contributed by atoms with Crippen LogP contribution in [0.2, 0.25) is 0 Å². The average Bonchev–Trinajstić information content (AvgIpc) is 2.92. The normalized spacial score (nSPS) is 29.5. The standard InChI is InChI=1S/C14H18F2N2/c1-9(10-2-3-13(15)14(16)4-10)18-7-11-5-17-6-12(11)8-18/h2-4,9,11-12,17H,5-8H2,1H3/t9?,11-,12+. The van der Waals surface area contributed by atoms with Gasteiger partial charge in [-0.3, -0.25) is 4.90 Å². The summed E-state index contributed by atoms with van der Waals surface area (Å²) in [5.74, 6) is -0.0793. The fraction of sp³-hybridized carbons (Fsp3) is 0.571. The lowest BCUT2D eigenvalue weighted by atomic mass is 10.0. The van der Waals surface area contributed by atoms with Crippen LogP contribution >= 0.6 is 0 Å². The molecular formula is C14H18F2N2. The maximum absolute atomic E-state index is 13.3. The lowest BCUT2D eigenvalue weighted by Crippen LogP contribution is -2.28. The summed E-state index contributed by atoms with van der Waals surface area (Å²) >= 11 is 0. The molecule has 1 aromatic rings. The number of fused-ring (bicyclic) bond motifs is 1. The molecule has 2 aliphatic heterocycles.